The summed E-state index contributed by atoms with van der Waals surface area (Å²) in [6.07, 6.45) is 3.49. The highest BCUT2D eigenvalue weighted by Crippen LogP contribution is 2.39. The van der Waals surface area contributed by atoms with Gasteiger partial charge in [0.05, 0.1) is 0 Å². The third kappa shape index (κ3) is 4.22. The van der Waals surface area contributed by atoms with Crippen LogP contribution in [0.2, 0.25) is 0 Å². The van der Waals surface area contributed by atoms with Gasteiger partial charge in [-0.3, -0.25) is 0 Å². The van der Waals surface area contributed by atoms with Crippen molar-refractivity contribution >= 4 is 0 Å². The van der Waals surface area contributed by atoms with Crippen LogP contribution in [0.4, 0.5) is 0 Å². The number of nitrogens with zero attached hydrogens (tertiary/aromatic N) is 1. The summed E-state index contributed by atoms with van der Waals surface area (Å²) in [5, 5.41) is 3.71. The number of nitrogens with one attached hydrogen (secondary N) is 1. The van der Waals surface area contributed by atoms with E-state index < -0.39 is 0 Å². The fraction of sp³-hybridized carbons (Fsp3) is 0.647. The number of ether oxygens (including phenoxy) is 1. The van der Waals surface area contributed by atoms with E-state index in [0.717, 1.165) is 25.3 Å². The standard InChI is InChI=1S/C17H28N2O/c1-17(2)13-15(18-11-7-8-12-19(3)4)14-9-5-6-10-16(14)20-17/h5-6,9-10,15,18H,7-8,11-13H2,1-4H3. The van der Waals surface area contributed by atoms with Gasteiger partial charge in [-0.25, -0.2) is 0 Å². The van der Waals surface area contributed by atoms with Crippen LogP contribution in [0.3, 0.4) is 0 Å². The maximum atomic E-state index is 6.06. The molecule has 0 aromatic heterocycles. The molecule has 1 atom stereocenters. The number of hydrogen-bond acceptors (Lipinski definition) is 3. The molecular weight excluding hydrogens is 248 g/mol. The predicted molar refractivity (Wildman–Crippen MR) is 84.3 cm³/mol. The Bertz CT molecular complexity index is 429. The van der Waals surface area contributed by atoms with Gasteiger partial charge in [0, 0.05) is 18.0 Å². The molecule has 1 aromatic rings. The zero-order chi connectivity index (χ0) is 14.6. The zero-order valence-corrected chi connectivity index (χ0v) is 13.3. The minimum absolute atomic E-state index is 0.0876. The van der Waals surface area contributed by atoms with Gasteiger partial charge in [-0.2, -0.15) is 0 Å². The third-order valence-corrected chi connectivity index (χ3v) is 3.80. The Morgan fingerprint density at radius 2 is 2.00 bits per heavy atom. The number of benzene rings is 1. The maximum Gasteiger partial charge on any atom is 0.124 e. The van der Waals surface area contributed by atoms with Gasteiger partial charge in [-0.05, 0) is 59.9 Å². The Balaban J connectivity index is 1.90. The Morgan fingerprint density at radius 1 is 1.25 bits per heavy atom. The first kappa shape index (κ1) is 15.3. The minimum Gasteiger partial charge on any atom is -0.487 e. The molecule has 1 N–H and O–H groups in total. The zero-order valence-electron chi connectivity index (χ0n) is 13.3. The van der Waals surface area contributed by atoms with Crippen LogP contribution in [-0.2, 0) is 0 Å². The van der Waals surface area contributed by atoms with Gasteiger partial charge in [0.25, 0.3) is 0 Å². The molecule has 0 saturated heterocycles. The second kappa shape index (κ2) is 6.59. The smallest absolute Gasteiger partial charge is 0.124 e. The quantitative estimate of drug-likeness (QED) is 0.807. The van der Waals surface area contributed by atoms with E-state index in [1.54, 1.807) is 0 Å². The molecule has 0 bridgehead atoms. The third-order valence-electron chi connectivity index (χ3n) is 3.80. The number of hydrogen-bond donors (Lipinski definition) is 1. The minimum atomic E-state index is -0.0876. The summed E-state index contributed by atoms with van der Waals surface area (Å²) in [5.41, 5.74) is 1.22. The fourth-order valence-corrected chi connectivity index (χ4v) is 2.81. The average molecular weight is 276 g/mol. The number of para-hydroxylation sites is 1. The van der Waals surface area contributed by atoms with Crippen molar-refractivity contribution in [1.29, 1.82) is 0 Å². The van der Waals surface area contributed by atoms with Crippen molar-refractivity contribution in [3.63, 3.8) is 0 Å². The van der Waals surface area contributed by atoms with Crippen LogP contribution in [-0.4, -0.2) is 37.7 Å². The average Bonchev–Trinajstić information content (AvgIpc) is 2.36. The van der Waals surface area contributed by atoms with E-state index in [1.165, 1.54) is 18.4 Å². The highest BCUT2D eigenvalue weighted by Gasteiger charge is 2.32. The first-order chi connectivity index (χ1) is 9.48. The molecule has 0 radical (unpaired) electrons. The van der Waals surface area contributed by atoms with E-state index in [9.17, 15) is 0 Å². The summed E-state index contributed by atoms with van der Waals surface area (Å²) in [6, 6.07) is 8.82. The lowest BCUT2D eigenvalue weighted by Crippen LogP contribution is -2.39. The van der Waals surface area contributed by atoms with Gasteiger partial charge in [-0.1, -0.05) is 18.2 Å². The lowest BCUT2D eigenvalue weighted by Gasteiger charge is -2.38. The van der Waals surface area contributed by atoms with Crippen molar-refractivity contribution in [2.75, 3.05) is 27.2 Å². The van der Waals surface area contributed by atoms with Crippen molar-refractivity contribution in [3.05, 3.63) is 29.8 Å². The molecule has 0 amide bonds. The molecular formula is C17H28N2O. The molecule has 20 heavy (non-hydrogen) atoms. The Kier molecular flexibility index (Phi) is 5.06. The summed E-state index contributed by atoms with van der Waals surface area (Å²) >= 11 is 0. The molecule has 0 aliphatic carbocycles. The Morgan fingerprint density at radius 3 is 2.75 bits per heavy atom. The van der Waals surface area contributed by atoms with Gasteiger partial charge in [0.1, 0.15) is 11.4 Å². The van der Waals surface area contributed by atoms with Crippen LogP contribution in [0.1, 0.15) is 44.7 Å². The molecule has 1 aromatic carbocycles. The van der Waals surface area contributed by atoms with E-state index in [2.05, 4.69) is 56.4 Å². The first-order valence-electron chi connectivity index (χ1n) is 7.64. The van der Waals surface area contributed by atoms with E-state index in [-0.39, 0.29) is 5.60 Å². The second-order valence-corrected chi connectivity index (χ2v) is 6.62. The summed E-state index contributed by atoms with van der Waals surface area (Å²) in [5.74, 6) is 1.04. The largest absolute Gasteiger partial charge is 0.487 e. The highest BCUT2D eigenvalue weighted by molar-refractivity contribution is 5.38. The molecule has 1 aliphatic heterocycles. The molecule has 1 heterocycles. The Labute approximate surface area is 123 Å². The Hall–Kier alpha value is -1.06. The van der Waals surface area contributed by atoms with Crippen molar-refractivity contribution in [1.82, 2.24) is 10.2 Å². The molecule has 2 rings (SSSR count). The summed E-state index contributed by atoms with van der Waals surface area (Å²) < 4.78 is 6.06. The van der Waals surface area contributed by atoms with E-state index in [0.29, 0.717) is 6.04 Å². The van der Waals surface area contributed by atoms with Gasteiger partial charge < -0.3 is 15.0 Å². The molecule has 0 spiro atoms. The van der Waals surface area contributed by atoms with Crippen molar-refractivity contribution in [2.24, 2.45) is 0 Å². The second-order valence-electron chi connectivity index (χ2n) is 6.62. The predicted octanol–water partition coefficient (Wildman–Crippen LogP) is 3.22. The van der Waals surface area contributed by atoms with Gasteiger partial charge in [0.2, 0.25) is 0 Å². The first-order valence-corrected chi connectivity index (χ1v) is 7.64. The SMILES string of the molecule is CN(C)CCCCNC1CC(C)(C)Oc2ccccc21. The molecule has 3 heteroatoms. The summed E-state index contributed by atoms with van der Waals surface area (Å²) in [4.78, 5) is 2.24. The monoisotopic (exact) mass is 276 g/mol. The van der Waals surface area contributed by atoms with Crippen LogP contribution < -0.4 is 10.1 Å². The molecule has 1 unspecified atom stereocenters. The van der Waals surface area contributed by atoms with Crippen LogP contribution in [0, 0.1) is 0 Å². The normalized spacial score (nSPS) is 20.6. The van der Waals surface area contributed by atoms with Gasteiger partial charge in [0.15, 0.2) is 0 Å². The molecule has 0 fully saturated rings. The number of rotatable bonds is 6. The number of unbranched alkanes of at least 4 members (excludes halogenated alkanes) is 1. The molecule has 112 valence electrons. The van der Waals surface area contributed by atoms with Crippen molar-refractivity contribution < 1.29 is 4.74 Å². The fourth-order valence-electron chi connectivity index (χ4n) is 2.81. The molecule has 1 aliphatic rings. The maximum absolute atomic E-state index is 6.06. The number of fused-ring (bicyclic) bond motifs is 1. The topological polar surface area (TPSA) is 24.5 Å². The molecule has 3 nitrogen and oxygen atoms in total. The van der Waals surface area contributed by atoms with E-state index >= 15 is 0 Å². The van der Waals surface area contributed by atoms with Gasteiger partial charge >= 0.3 is 0 Å². The summed E-state index contributed by atoms with van der Waals surface area (Å²) in [7, 11) is 4.26. The van der Waals surface area contributed by atoms with Crippen LogP contribution in [0.25, 0.3) is 0 Å². The lowest BCUT2D eigenvalue weighted by atomic mass is 9.89. The van der Waals surface area contributed by atoms with Crippen LogP contribution in [0.15, 0.2) is 24.3 Å². The summed E-state index contributed by atoms with van der Waals surface area (Å²) in [6.45, 7) is 6.58. The van der Waals surface area contributed by atoms with Crippen LogP contribution in [0.5, 0.6) is 5.75 Å². The van der Waals surface area contributed by atoms with Crippen LogP contribution >= 0.6 is 0 Å². The van der Waals surface area contributed by atoms with Crippen molar-refractivity contribution in [3.8, 4) is 5.75 Å². The highest BCUT2D eigenvalue weighted by atomic mass is 16.5. The van der Waals surface area contributed by atoms with Crippen molar-refractivity contribution in [2.45, 2.75) is 44.8 Å². The van der Waals surface area contributed by atoms with Gasteiger partial charge in [-0.15, -0.1) is 0 Å². The molecule has 0 saturated carbocycles. The lowest BCUT2D eigenvalue weighted by molar-refractivity contribution is 0.0660. The van der Waals surface area contributed by atoms with E-state index in [1.807, 2.05) is 6.07 Å². The van der Waals surface area contributed by atoms with E-state index in [4.69, 9.17) is 4.74 Å².